The fraction of sp³-hybridized carbons (Fsp3) is 0. The van der Waals surface area contributed by atoms with Gasteiger partial charge in [0, 0.05) is 23.6 Å². The van der Waals surface area contributed by atoms with E-state index in [1.54, 1.807) is 10.7 Å². The molecule has 112 valence electrons. The number of aromatic nitrogens is 5. The highest BCUT2D eigenvalue weighted by molar-refractivity contribution is 6.30. The van der Waals surface area contributed by atoms with Crippen LogP contribution in [0.5, 0.6) is 0 Å². The van der Waals surface area contributed by atoms with Gasteiger partial charge < -0.3 is 0 Å². The topological polar surface area (TPSA) is 48.0 Å². The highest BCUT2D eigenvalue weighted by Gasteiger charge is 2.07. The molecule has 4 aromatic rings. The zero-order valence-electron chi connectivity index (χ0n) is 12.0. The summed E-state index contributed by atoms with van der Waals surface area (Å²) in [7, 11) is 0. The largest absolute Gasteiger partial charge is 0.291 e. The van der Waals surface area contributed by atoms with Gasteiger partial charge in [0.1, 0.15) is 0 Å². The molecular formula is C17H12ClN5. The maximum absolute atomic E-state index is 5.90. The van der Waals surface area contributed by atoms with Crippen LogP contribution in [0.25, 0.3) is 23.9 Å². The molecule has 0 saturated heterocycles. The molecule has 0 unspecified atom stereocenters. The van der Waals surface area contributed by atoms with E-state index in [4.69, 9.17) is 11.6 Å². The molecule has 0 radical (unpaired) electrons. The van der Waals surface area contributed by atoms with Crippen molar-refractivity contribution in [2.24, 2.45) is 0 Å². The van der Waals surface area contributed by atoms with Crippen molar-refractivity contribution >= 4 is 29.5 Å². The second-order valence-corrected chi connectivity index (χ2v) is 5.40. The van der Waals surface area contributed by atoms with Crippen LogP contribution in [0, 0.1) is 0 Å². The molecule has 4 rings (SSSR count). The Kier molecular flexibility index (Phi) is 3.40. The summed E-state index contributed by atoms with van der Waals surface area (Å²) in [6.07, 6.45) is 9.51. The predicted octanol–water partition coefficient (Wildman–Crippen LogP) is 3.74. The van der Waals surface area contributed by atoms with Crippen molar-refractivity contribution in [3.05, 3.63) is 77.3 Å². The van der Waals surface area contributed by atoms with Gasteiger partial charge in [-0.15, -0.1) is 5.10 Å². The third kappa shape index (κ3) is 2.74. The minimum Gasteiger partial charge on any atom is -0.291 e. The SMILES string of the molecule is Clc1ccc(/C=C/c2ccnc3nc(-n4cccc4)nn23)cc1. The van der Waals surface area contributed by atoms with E-state index in [2.05, 4.69) is 15.1 Å². The lowest BCUT2D eigenvalue weighted by molar-refractivity contribution is 0.877. The van der Waals surface area contributed by atoms with Crippen LogP contribution in [0.3, 0.4) is 0 Å². The summed E-state index contributed by atoms with van der Waals surface area (Å²) in [5.41, 5.74) is 1.96. The lowest BCUT2D eigenvalue weighted by atomic mass is 10.2. The quantitative estimate of drug-likeness (QED) is 0.577. The molecule has 0 fully saturated rings. The zero-order valence-corrected chi connectivity index (χ0v) is 12.8. The highest BCUT2D eigenvalue weighted by atomic mass is 35.5. The van der Waals surface area contributed by atoms with Crippen molar-refractivity contribution in [1.29, 1.82) is 0 Å². The van der Waals surface area contributed by atoms with E-state index >= 15 is 0 Å². The second kappa shape index (κ2) is 5.70. The van der Waals surface area contributed by atoms with Crippen LogP contribution in [0.4, 0.5) is 0 Å². The van der Waals surface area contributed by atoms with Gasteiger partial charge in [-0.25, -0.2) is 4.98 Å². The zero-order chi connectivity index (χ0) is 15.6. The molecule has 6 heteroatoms. The molecule has 0 saturated carbocycles. The first kappa shape index (κ1) is 13.7. The minimum absolute atomic E-state index is 0.562. The van der Waals surface area contributed by atoms with Crippen LogP contribution in [0.15, 0.2) is 61.1 Å². The van der Waals surface area contributed by atoms with Gasteiger partial charge in [-0.2, -0.15) is 9.50 Å². The van der Waals surface area contributed by atoms with Crippen molar-refractivity contribution in [3.8, 4) is 5.95 Å². The Labute approximate surface area is 137 Å². The lowest BCUT2D eigenvalue weighted by Gasteiger charge is -1.97. The Hall–Kier alpha value is -2.92. The van der Waals surface area contributed by atoms with Crippen molar-refractivity contribution in [2.45, 2.75) is 0 Å². The third-order valence-corrected chi connectivity index (χ3v) is 3.66. The standard InChI is InChI=1S/C17H12ClN5/c18-14-6-3-13(4-7-14)5-8-15-9-10-19-16-20-17(21-23(15)16)22-11-1-2-12-22/h1-12H/b8-5+. The maximum Gasteiger partial charge on any atom is 0.255 e. The maximum atomic E-state index is 5.90. The lowest BCUT2D eigenvalue weighted by Crippen LogP contribution is -1.96. The number of fused-ring (bicyclic) bond motifs is 1. The summed E-state index contributed by atoms with van der Waals surface area (Å²) in [6.45, 7) is 0. The first-order valence-corrected chi connectivity index (χ1v) is 7.46. The predicted molar refractivity (Wildman–Crippen MR) is 90.5 cm³/mol. The summed E-state index contributed by atoms with van der Waals surface area (Å²) in [6, 6.07) is 13.4. The normalized spacial score (nSPS) is 11.5. The fourth-order valence-electron chi connectivity index (χ4n) is 2.26. The number of halogens is 1. The van der Waals surface area contributed by atoms with Crippen molar-refractivity contribution in [1.82, 2.24) is 24.1 Å². The van der Waals surface area contributed by atoms with E-state index in [0.29, 0.717) is 11.7 Å². The van der Waals surface area contributed by atoms with E-state index < -0.39 is 0 Å². The molecule has 0 amide bonds. The van der Waals surface area contributed by atoms with Crippen LogP contribution < -0.4 is 0 Å². The van der Waals surface area contributed by atoms with Gasteiger partial charge in [-0.05, 0) is 42.0 Å². The Morgan fingerprint density at radius 2 is 1.74 bits per heavy atom. The van der Waals surface area contributed by atoms with Gasteiger partial charge >= 0.3 is 0 Å². The molecule has 0 aliphatic heterocycles. The van der Waals surface area contributed by atoms with E-state index in [1.807, 2.05) is 71.6 Å². The van der Waals surface area contributed by atoms with Gasteiger partial charge in [-0.3, -0.25) is 4.57 Å². The Balaban J connectivity index is 1.73. The van der Waals surface area contributed by atoms with Crippen LogP contribution in [-0.4, -0.2) is 24.1 Å². The number of rotatable bonds is 3. The fourth-order valence-corrected chi connectivity index (χ4v) is 2.39. The Morgan fingerprint density at radius 3 is 2.52 bits per heavy atom. The van der Waals surface area contributed by atoms with Crippen LogP contribution >= 0.6 is 11.6 Å². The van der Waals surface area contributed by atoms with Gasteiger partial charge in [-0.1, -0.05) is 29.8 Å². The van der Waals surface area contributed by atoms with Gasteiger partial charge in [0.05, 0.1) is 5.69 Å². The molecule has 0 aliphatic rings. The van der Waals surface area contributed by atoms with E-state index in [-0.39, 0.29) is 0 Å². The Morgan fingerprint density at radius 1 is 0.957 bits per heavy atom. The average molecular weight is 322 g/mol. The summed E-state index contributed by atoms with van der Waals surface area (Å²) >= 11 is 5.90. The van der Waals surface area contributed by atoms with E-state index in [1.165, 1.54) is 0 Å². The molecule has 3 heterocycles. The van der Waals surface area contributed by atoms with Crippen LogP contribution in [-0.2, 0) is 0 Å². The van der Waals surface area contributed by atoms with Gasteiger partial charge in [0.2, 0.25) is 0 Å². The molecule has 0 N–H and O–H groups in total. The smallest absolute Gasteiger partial charge is 0.255 e. The van der Waals surface area contributed by atoms with Crippen molar-refractivity contribution in [2.75, 3.05) is 0 Å². The monoisotopic (exact) mass is 321 g/mol. The number of benzene rings is 1. The summed E-state index contributed by atoms with van der Waals surface area (Å²) in [4.78, 5) is 8.70. The summed E-state index contributed by atoms with van der Waals surface area (Å²) < 4.78 is 3.57. The summed E-state index contributed by atoms with van der Waals surface area (Å²) in [5.74, 6) is 1.15. The second-order valence-electron chi connectivity index (χ2n) is 4.97. The first-order chi connectivity index (χ1) is 11.3. The molecular weight excluding hydrogens is 310 g/mol. The average Bonchev–Trinajstić information content (AvgIpc) is 3.23. The molecule has 0 spiro atoms. The summed E-state index contributed by atoms with van der Waals surface area (Å²) in [5, 5.41) is 5.24. The highest BCUT2D eigenvalue weighted by Crippen LogP contribution is 2.13. The van der Waals surface area contributed by atoms with Gasteiger partial charge in [0.25, 0.3) is 11.7 Å². The van der Waals surface area contributed by atoms with E-state index in [9.17, 15) is 0 Å². The molecule has 5 nitrogen and oxygen atoms in total. The Bertz CT molecular complexity index is 968. The molecule has 3 aromatic heterocycles. The number of nitrogens with zero attached hydrogens (tertiary/aromatic N) is 5. The molecule has 1 aromatic carbocycles. The first-order valence-electron chi connectivity index (χ1n) is 7.08. The molecule has 23 heavy (non-hydrogen) atoms. The van der Waals surface area contributed by atoms with Crippen LogP contribution in [0.2, 0.25) is 5.02 Å². The third-order valence-electron chi connectivity index (χ3n) is 3.41. The van der Waals surface area contributed by atoms with Crippen molar-refractivity contribution < 1.29 is 0 Å². The molecule has 0 atom stereocenters. The van der Waals surface area contributed by atoms with Crippen molar-refractivity contribution in [3.63, 3.8) is 0 Å². The molecule has 0 bridgehead atoms. The van der Waals surface area contributed by atoms with Gasteiger partial charge in [0.15, 0.2) is 0 Å². The molecule has 0 aliphatic carbocycles. The van der Waals surface area contributed by atoms with Crippen LogP contribution in [0.1, 0.15) is 11.3 Å². The number of hydrogen-bond donors (Lipinski definition) is 0. The number of hydrogen-bond acceptors (Lipinski definition) is 3. The minimum atomic E-state index is 0.562. The van der Waals surface area contributed by atoms with E-state index in [0.717, 1.165) is 16.3 Å².